The predicted octanol–water partition coefficient (Wildman–Crippen LogP) is 2.82. The Kier molecular flexibility index (Phi) is 5.49. The summed E-state index contributed by atoms with van der Waals surface area (Å²) in [4.78, 5) is 13.7. The van der Waals surface area contributed by atoms with Crippen molar-refractivity contribution in [3.05, 3.63) is 29.8 Å². The van der Waals surface area contributed by atoms with Gasteiger partial charge in [0.1, 0.15) is 12.2 Å². The fourth-order valence-electron chi connectivity index (χ4n) is 3.54. The van der Waals surface area contributed by atoms with Crippen LogP contribution in [-0.4, -0.2) is 55.4 Å². The molecule has 2 fully saturated rings. The number of alkyl halides is 4. The van der Waals surface area contributed by atoms with Gasteiger partial charge in [0.2, 0.25) is 15.9 Å². The fourth-order valence-corrected chi connectivity index (χ4v) is 5.21. The standard InChI is InChI=1S/C17H20F4N2O3S/c18-13-10-15(16(24)22-7-2-1-3-8-22)23(11-13)27(25,26)14-6-4-5-12(9-14)17(19,20)21/h4-6,9,13,15H,1-3,7-8,10-11H2/t13-,15-/m0/s1. The highest BCUT2D eigenvalue weighted by molar-refractivity contribution is 7.89. The zero-order chi connectivity index (χ0) is 19.8. The van der Waals surface area contributed by atoms with Gasteiger partial charge in [0.25, 0.3) is 0 Å². The van der Waals surface area contributed by atoms with Gasteiger partial charge >= 0.3 is 6.18 Å². The Hall–Kier alpha value is -1.68. The minimum atomic E-state index is -4.71. The van der Waals surface area contributed by atoms with Crippen LogP contribution in [0.25, 0.3) is 0 Å². The van der Waals surface area contributed by atoms with Crippen LogP contribution in [0.2, 0.25) is 0 Å². The third-order valence-corrected chi connectivity index (χ3v) is 6.80. The first-order chi connectivity index (χ1) is 12.6. The molecular formula is C17H20F4N2O3S. The summed E-state index contributed by atoms with van der Waals surface area (Å²) in [6.07, 6.45) is -3.98. The van der Waals surface area contributed by atoms with Gasteiger partial charge in [-0.15, -0.1) is 0 Å². The van der Waals surface area contributed by atoms with Gasteiger partial charge in [-0.1, -0.05) is 6.07 Å². The Morgan fingerprint density at radius 3 is 2.41 bits per heavy atom. The van der Waals surface area contributed by atoms with Crippen LogP contribution in [0.5, 0.6) is 0 Å². The Morgan fingerprint density at radius 2 is 1.78 bits per heavy atom. The number of rotatable bonds is 3. The molecule has 0 saturated carbocycles. The molecule has 2 saturated heterocycles. The first kappa shape index (κ1) is 20.1. The Morgan fingerprint density at radius 1 is 1.11 bits per heavy atom. The minimum absolute atomic E-state index is 0.284. The van der Waals surface area contributed by atoms with Crippen LogP contribution in [-0.2, 0) is 21.0 Å². The normalized spacial score (nSPS) is 25.0. The minimum Gasteiger partial charge on any atom is -0.341 e. The number of hydrogen-bond donors (Lipinski definition) is 0. The number of piperidine rings is 1. The van der Waals surface area contributed by atoms with Crippen LogP contribution in [0.3, 0.4) is 0 Å². The van der Waals surface area contributed by atoms with Crippen LogP contribution >= 0.6 is 0 Å². The monoisotopic (exact) mass is 408 g/mol. The van der Waals surface area contributed by atoms with Crippen LogP contribution < -0.4 is 0 Å². The maximum Gasteiger partial charge on any atom is 0.416 e. The Balaban J connectivity index is 1.91. The number of benzene rings is 1. The highest BCUT2D eigenvalue weighted by atomic mass is 32.2. The number of halogens is 4. The van der Waals surface area contributed by atoms with Gasteiger partial charge in [-0.25, -0.2) is 12.8 Å². The van der Waals surface area contributed by atoms with Crippen molar-refractivity contribution in [2.24, 2.45) is 0 Å². The average Bonchev–Trinajstić information content (AvgIpc) is 3.04. The van der Waals surface area contributed by atoms with Crippen LogP contribution in [0.1, 0.15) is 31.2 Å². The second kappa shape index (κ2) is 7.38. The van der Waals surface area contributed by atoms with E-state index in [4.69, 9.17) is 0 Å². The largest absolute Gasteiger partial charge is 0.416 e. The van der Waals surface area contributed by atoms with Crippen molar-refractivity contribution in [1.29, 1.82) is 0 Å². The molecule has 3 rings (SSSR count). The lowest BCUT2D eigenvalue weighted by atomic mass is 10.1. The molecule has 0 radical (unpaired) electrons. The van der Waals surface area contributed by atoms with Crippen molar-refractivity contribution in [2.45, 2.75) is 49.0 Å². The molecular weight excluding hydrogens is 388 g/mol. The maximum absolute atomic E-state index is 14.0. The van der Waals surface area contributed by atoms with Crippen LogP contribution in [0, 0.1) is 0 Å². The lowest BCUT2D eigenvalue weighted by Crippen LogP contribution is -2.49. The van der Waals surface area contributed by atoms with Gasteiger partial charge < -0.3 is 4.90 Å². The molecule has 5 nitrogen and oxygen atoms in total. The van der Waals surface area contributed by atoms with Crippen LogP contribution in [0.15, 0.2) is 29.2 Å². The first-order valence-corrected chi connectivity index (χ1v) is 10.2. The van der Waals surface area contributed by atoms with Crippen molar-refractivity contribution < 1.29 is 30.8 Å². The van der Waals surface area contributed by atoms with Crippen LogP contribution in [0.4, 0.5) is 17.6 Å². The van der Waals surface area contributed by atoms with E-state index >= 15 is 0 Å². The van der Waals surface area contributed by atoms with E-state index in [0.29, 0.717) is 23.5 Å². The summed E-state index contributed by atoms with van der Waals surface area (Å²) in [6.45, 7) is 0.413. The predicted molar refractivity (Wildman–Crippen MR) is 89.1 cm³/mol. The zero-order valence-electron chi connectivity index (χ0n) is 14.5. The molecule has 1 aromatic rings. The van der Waals surface area contributed by atoms with E-state index in [-0.39, 0.29) is 6.42 Å². The number of likely N-dealkylation sites (tertiary alicyclic amines) is 1. The molecule has 0 bridgehead atoms. The number of amides is 1. The van der Waals surface area contributed by atoms with Crippen molar-refractivity contribution in [3.63, 3.8) is 0 Å². The summed E-state index contributed by atoms with van der Waals surface area (Å²) in [5.74, 6) is -0.481. The molecule has 0 unspecified atom stereocenters. The van der Waals surface area contributed by atoms with Gasteiger partial charge in [-0.2, -0.15) is 17.5 Å². The molecule has 10 heteroatoms. The number of hydrogen-bond acceptors (Lipinski definition) is 3. The highest BCUT2D eigenvalue weighted by Gasteiger charge is 2.46. The van der Waals surface area contributed by atoms with Gasteiger partial charge in [0.05, 0.1) is 10.5 Å². The molecule has 2 heterocycles. The number of carbonyl (C=O) groups excluding carboxylic acids is 1. The molecule has 27 heavy (non-hydrogen) atoms. The summed E-state index contributed by atoms with van der Waals surface area (Å²) in [6, 6.07) is 2.07. The second-order valence-corrected chi connectivity index (χ2v) is 8.73. The van der Waals surface area contributed by atoms with Gasteiger partial charge in [0.15, 0.2) is 0 Å². The van der Waals surface area contributed by atoms with Gasteiger partial charge in [-0.05, 0) is 37.5 Å². The molecule has 2 aliphatic heterocycles. The van der Waals surface area contributed by atoms with E-state index in [2.05, 4.69) is 0 Å². The number of carbonyl (C=O) groups is 1. The van der Waals surface area contributed by atoms with E-state index in [9.17, 15) is 30.8 Å². The third kappa shape index (κ3) is 4.11. The average molecular weight is 408 g/mol. The highest BCUT2D eigenvalue weighted by Crippen LogP contribution is 2.33. The molecule has 0 aliphatic carbocycles. The quantitative estimate of drug-likeness (QED) is 0.723. The Labute approximate surface area is 155 Å². The summed E-state index contributed by atoms with van der Waals surface area (Å²) in [5.41, 5.74) is -1.11. The van der Waals surface area contributed by atoms with E-state index in [1.54, 1.807) is 0 Å². The molecule has 0 aromatic heterocycles. The summed E-state index contributed by atoms with van der Waals surface area (Å²) in [7, 11) is -4.44. The topological polar surface area (TPSA) is 57.7 Å². The van der Waals surface area contributed by atoms with Crippen molar-refractivity contribution in [1.82, 2.24) is 9.21 Å². The first-order valence-electron chi connectivity index (χ1n) is 8.72. The molecule has 2 atom stereocenters. The third-order valence-electron chi connectivity index (χ3n) is 4.93. The van der Waals surface area contributed by atoms with E-state index in [1.165, 1.54) is 4.90 Å². The number of sulfonamides is 1. The molecule has 1 amide bonds. The molecule has 1 aromatic carbocycles. The SMILES string of the molecule is O=C([C@@H]1C[C@H](F)CN1S(=O)(=O)c1cccc(C(F)(F)F)c1)N1CCCCC1. The smallest absolute Gasteiger partial charge is 0.341 e. The molecule has 150 valence electrons. The zero-order valence-corrected chi connectivity index (χ0v) is 15.3. The van der Waals surface area contributed by atoms with E-state index < -0.39 is 51.3 Å². The van der Waals surface area contributed by atoms with Crippen molar-refractivity contribution >= 4 is 15.9 Å². The maximum atomic E-state index is 14.0. The summed E-state index contributed by atoms with van der Waals surface area (Å²) < 4.78 is 79.2. The van der Waals surface area contributed by atoms with Crippen molar-refractivity contribution in [3.8, 4) is 0 Å². The molecule has 0 N–H and O–H groups in total. The molecule has 2 aliphatic rings. The van der Waals surface area contributed by atoms with Gasteiger partial charge in [0, 0.05) is 26.1 Å². The van der Waals surface area contributed by atoms with E-state index in [1.807, 2.05) is 0 Å². The fraction of sp³-hybridized carbons (Fsp3) is 0.588. The second-order valence-electron chi connectivity index (χ2n) is 6.84. The summed E-state index contributed by atoms with van der Waals surface area (Å²) in [5, 5.41) is 0. The van der Waals surface area contributed by atoms with E-state index in [0.717, 1.165) is 37.5 Å². The summed E-state index contributed by atoms with van der Waals surface area (Å²) >= 11 is 0. The number of nitrogens with zero attached hydrogens (tertiary/aromatic N) is 2. The van der Waals surface area contributed by atoms with Gasteiger partial charge in [-0.3, -0.25) is 4.79 Å². The lowest BCUT2D eigenvalue weighted by molar-refractivity contribution is -0.138. The van der Waals surface area contributed by atoms with Crippen molar-refractivity contribution in [2.75, 3.05) is 19.6 Å². The Bertz CT molecular complexity index is 807. The lowest BCUT2D eigenvalue weighted by Gasteiger charge is -2.32. The molecule has 0 spiro atoms.